The fourth-order valence-corrected chi connectivity index (χ4v) is 2.26. The highest BCUT2D eigenvalue weighted by Crippen LogP contribution is 2.09. The van der Waals surface area contributed by atoms with Gasteiger partial charge in [0, 0.05) is 0 Å². The van der Waals surface area contributed by atoms with E-state index in [0.717, 1.165) is 5.56 Å². The van der Waals surface area contributed by atoms with Crippen molar-refractivity contribution in [3.05, 3.63) is 71.8 Å². The van der Waals surface area contributed by atoms with E-state index in [1.54, 1.807) is 24.3 Å². The molecule has 2 aromatic carbocycles. The van der Waals surface area contributed by atoms with Crippen molar-refractivity contribution in [1.82, 2.24) is 10.6 Å². The van der Waals surface area contributed by atoms with Crippen LogP contribution in [0, 0.1) is 0 Å². The molecule has 0 spiro atoms. The molecule has 2 aromatic rings. The van der Waals surface area contributed by atoms with Crippen LogP contribution in [0.2, 0.25) is 0 Å². The second-order valence-electron chi connectivity index (χ2n) is 5.69. The number of hydrogen-bond donors (Lipinski definition) is 3. The third kappa shape index (κ3) is 5.54. The van der Waals surface area contributed by atoms with Gasteiger partial charge in [0.1, 0.15) is 12.1 Å². The second kappa shape index (κ2) is 8.75. The summed E-state index contributed by atoms with van der Waals surface area (Å²) in [5.74, 6) is -1.51. The summed E-state index contributed by atoms with van der Waals surface area (Å²) in [7, 11) is 0. The Balaban J connectivity index is 1.85. The van der Waals surface area contributed by atoms with E-state index in [1.807, 2.05) is 36.4 Å². The molecule has 6 nitrogen and oxygen atoms in total. The van der Waals surface area contributed by atoms with E-state index in [4.69, 9.17) is 5.73 Å². The summed E-state index contributed by atoms with van der Waals surface area (Å²) >= 11 is 0. The molecule has 25 heavy (non-hydrogen) atoms. The molecule has 6 heteroatoms. The SMILES string of the molecule is C[C@H](NC(=O)Cc1ccccc1)C(=O)NC(=O)[C@H](N)c1ccccc1. The highest BCUT2D eigenvalue weighted by Gasteiger charge is 2.22. The molecule has 0 aliphatic heterocycles. The van der Waals surface area contributed by atoms with Crippen molar-refractivity contribution >= 4 is 17.7 Å². The number of benzene rings is 2. The number of hydrogen-bond acceptors (Lipinski definition) is 4. The van der Waals surface area contributed by atoms with E-state index in [9.17, 15) is 14.4 Å². The number of carbonyl (C=O) groups excluding carboxylic acids is 3. The quantitative estimate of drug-likeness (QED) is 0.733. The third-order valence-electron chi connectivity index (χ3n) is 3.67. The molecule has 0 saturated heterocycles. The lowest BCUT2D eigenvalue weighted by Crippen LogP contribution is -2.49. The average Bonchev–Trinajstić information content (AvgIpc) is 2.62. The Morgan fingerprint density at radius 3 is 2.08 bits per heavy atom. The summed E-state index contributed by atoms with van der Waals surface area (Å²) < 4.78 is 0. The predicted molar refractivity (Wildman–Crippen MR) is 94.3 cm³/mol. The van der Waals surface area contributed by atoms with Gasteiger partial charge in [0.15, 0.2) is 0 Å². The zero-order valence-corrected chi connectivity index (χ0v) is 13.9. The molecule has 0 aliphatic rings. The van der Waals surface area contributed by atoms with Crippen molar-refractivity contribution in [3.8, 4) is 0 Å². The lowest BCUT2D eigenvalue weighted by Gasteiger charge is -2.16. The normalized spacial score (nSPS) is 12.7. The molecule has 4 N–H and O–H groups in total. The second-order valence-corrected chi connectivity index (χ2v) is 5.69. The van der Waals surface area contributed by atoms with Crippen molar-refractivity contribution in [2.24, 2.45) is 5.73 Å². The van der Waals surface area contributed by atoms with E-state index in [0.29, 0.717) is 5.56 Å². The molecule has 0 radical (unpaired) electrons. The first-order valence-corrected chi connectivity index (χ1v) is 7.96. The van der Waals surface area contributed by atoms with E-state index in [2.05, 4.69) is 10.6 Å². The molecule has 2 rings (SSSR count). The van der Waals surface area contributed by atoms with Gasteiger partial charge in [-0.2, -0.15) is 0 Å². The predicted octanol–water partition coefficient (Wildman–Crippen LogP) is 1.08. The van der Waals surface area contributed by atoms with Gasteiger partial charge in [0.2, 0.25) is 17.7 Å². The Morgan fingerprint density at radius 1 is 0.920 bits per heavy atom. The molecule has 0 heterocycles. The van der Waals surface area contributed by atoms with Crippen LogP contribution in [-0.4, -0.2) is 23.8 Å². The van der Waals surface area contributed by atoms with Crippen LogP contribution >= 0.6 is 0 Å². The summed E-state index contributed by atoms with van der Waals surface area (Å²) in [6.07, 6.45) is 0.163. The van der Waals surface area contributed by atoms with Gasteiger partial charge in [-0.3, -0.25) is 19.7 Å². The number of amides is 3. The number of carbonyl (C=O) groups is 3. The summed E-state index contributed by atoms with van der Waals surface area (Å²) in [4.78, 5) is 36.1. The van der Waals surface area contributed by atoms with Crippen molar-refractivity contribution in [1.29, 1.82) is 0 Å². The zero-order chi connectivity index (χ0) is 18.2. The summed E-state index contributed by atoms with van der Waals surface area (Å²) in [5, 5.41) is 4.80. The van der Waals surface area contributed by atoms with Crippen LogP contribution < -0.4 is 16.4 Å². The highest BCUT2D eigenvalue weighted by molar-refractivity contribution is 6.01. The highest BCUT2D eigenvalue weighted by atomic mass is 16.2. The van der Waals surface area contributed by atoms with Gasteiger partial charge in [0.05, 0.1) is 6.42 Å². The first kappa shape index (κ1) is 18.4. The molecule has 3 amide bonds. The van der Waals surface area contributed by atoms with Crippen LogP contribution in [0.15, 0.2) is 60.7 Å². The lowest BCUT2D eigenvalue weighted by atomic mass is 10.1. The van der Waals surface area contributed by atoms with Crippen LogP contribution in [0.4, 0.5) is 0 Å². The Labute approximate surface area is 146 Å². The molecule has 0 aromatic heterocycles. The largest absolute Gasteiger partial charge is 0.344 e. The third-order valence-corrected chi connectivity index (χ3v) is 3.67. The van der Waals surface area contributed by atoms with Crippen molar-refractivity contribution < 1.29 is 14.4 Å². The molecule has 0 saturated carbocycles. The van der Waals surface area contributed by atoms with Gasteiger partial charge in [-0.25, -0.2) is 0 Å². The fraction of sp³-hybridized carbons (Fsp3) is 0.211. The van der Waals surface area contributed by atoms with Gasteiger partial charge < -0.3 is 11.1 Å². The smallest absolute Gasteiger partial charge is 0.248 e. The minimum absolute atomic E-state index is 0.163. The van der Waals surface area contributed by atoms with Crippen molar-refractivity contribution in [2.75, 3.05) is 0 Å². The first-order valence-electron chi connectivity index (χ1n) is 7.96. The van der Waals surface area contributed by atoms with Crippen LogP contribution in [0.3, 0.4) is 0 Å². The standard InChI is InChI=1S/C19H21N3O3/c1-13(21-16(23)12-14-8-4-2-5-9-14)18(24)22-19(25)17(20)15-10-6-3-7-11-15/h2-11,13,17H,12,20H2,1H3,(H,21,23)(H,22,24,25)/t13-,17+/m0/s1. The van der Waals surface area contributed by atoms with Gasteiger partial charge >= 0.3 is 0 Å². The Kier molecular flexibility index (Phi) is 6.42. The summed E-state index contributed by atoms with van der Waals surface area (Å²) in [6, 6.07) is 16.1. The molecular weight excluding hydrogens is 318 g/mol. The molecule has 130 valence electrons. The minimum Gasteiger partial charge on any atom is -0.344 e. The Hall–Kier alpha value is -2.99. The molecular formula is C19H21N3O3. The van der Waals surface area contributed by atoms with Crippen LogP contribution in [-0.2, 0) is 20.8 Å². The molecule has 0 unspecified atom stereocenters. The average molecular weight is 339 g/mol. The van der Waals surface area contributed by atoms with E-state index in [1.165, 1.54) is 6.92 Å². The zero-order valence-electron chi connectivity index (χ0n) is 13.9. The molecule has 0 aliphatic carbocycles. The molecule has 2 atom stereocenters. The van der Waals surface area contributed by atoms with E-state index >= 15 is 0 Å². The van der Waals surface area contributed by atoms with Gasteiger partial charge in [0.25, 0.3) is 0 Å². The Morgan fingerprint density at radius 2 is 1.48 bits per heavy atom. The lowest BCUT2D eigenvalue weighted by molar-refractivity contribution is -0.134. The molecule has 0 bridgehead atoms. The monoisotopic (exact) mass is 339 g/mol. The minimum atomic E-state index is -0.947. The van der Waals surface area contributed by atoms with Crippen molar-refractivity contribution in [2.45, 2.75) is 25.4 Å². The topological polar surface area (TPSA) is 101 Å². The number of imide groups is 1. The number of rotatable bonds is 6. The van der Waals surface area contributed by atoms with Gasteiger partial charge in [-0.05, 0) is 18.1 Å². The van der Waals surface area contributed by atoms with Crippen LogP contribution in [0.1, 0.15) is 24.1 Å². The Bertz CT molecular complexity index is 732. The van der Waals surface area contributed by atoms with Crippen LogP contribution in [0.5, 0.6) is 0 Å². The first-order chi connectivity index (χ1) is 12.0. The van der Waals surface area contributed by atoms with E-state index in [-0.39, 0.29) is 12.3 Å². The number of nitrogens with one attached hydrogen (secondary N) is 2. The van der Waals surface area contributed by atoms with Gasteiger partial charge in [-0.1, -0.05) is 60.7 Å². The van der Waals surface area contributed by atoms with Gasteiger partial charge in [-0.15, -0.1) is 0 Å². The fourth-order valence-electron chi connectivity index (χ4n) is 2.26. The summed E-state index contributed by atoms with van der Waals surface area (Å²) in [5.41, 5.74) is 7.29. The van der Waals surface area contributed by atoms with Crippen molar-refractivity contribution in [3.63, 3.8) is 0 Å². The maximum Gasteiger partial charge on any atom is 0.248 e. The summed E-state index contributed by atoms with van der Waals surface area (Å²) in [6.45, 7) is 1.51. The maximum atomic E-state index is 12.1. The van der Waals surface area contributed by atoms with E-state index < -0.39 is 23.9 Å². The number of nitrogens with two attached hydrogens (primary N) is 1. The maximum absolute atomic E-state index is 12.1. The van der Waals surface area contributed by atoms with Crippen LogP contribution in [0.25, 0.3) is 0 Å². The molecule has 0 fully saturated rings.